The van der Waals surface area contributed by atoms with Crippen LogP contribution >= 0.6 is 0 Å². The van der Waals surface area contributed by atoms with Crippen LogP contribution in [0.1, 0.15) is 6.92 Å². The molecule has 0 aliphatic carbocycles. The molecule has 1 aromatic heterocycles. The molecule has 0 unspecified atom stereocenters. The van der Waals surface area contributed by atoms with Crippen molar-refractivity contribution in [1.82, 2.24) is 9.97 Å². The number of para-hydroxylation sites is 1. The van der Waals surface area contributed by atoms with Gasteiger partial charge in [-0.2, -0.15) is 0 Å². The molecule has 3 aromatic rings. The van der Waals surface area contributed by atoms with Crippen LogP contribution in [0.15, 0.2) is 54.9 Å². The minimum absolute atomic E-state index is 0.0564. The van der Waals surface area contributed by atoms with Crippen LogP contribution in [0.4, 0.5) is 28.7 Å². The Hall–Kier alpha value is -3.88. The maximum Gasteiger partial charge on any atom is 0.354 e. The predicted octanol–water partition coefficient (Wildman–Crippen LogP) is 4.30. The molecule has 3 rings (SSSR count). The molecule has 0 aliphatic rings. The number of methoxy groups -OCH3 is 2. The van der Waals surface area contributed by atoms with Crippen LogP contribution in [-0.2, 0) is 0 Å². The van der Waals surface area contributed by atoms with Gasteiger partial charge in [0.1, 0.15) is 17.8 Å². The number of benzene rings is 2. The summed E-state index contributed by atoms with van der Waals surface area (Å²) in [7, 11) is 3.05. The fraction of sp³-hybridized carbons (Fsp3) is 0.200. The number of hydrogen-bond donors (Lipinski definition) is 1. The minimum Gasteiger partial charge on any atom is -0.497 e. The number of nitrogens with zero attached hydrogens (tertiary/aromatic N) is 4. The number of rotatable bonds is 8. The number of nitrogens with one attached hydrogen (secondary N) is 1. The lowest BCUT2D eigenvalue weighted by atomic mass is 10.2. The lowest BCUT2D eigenvalue weighted by Gasteiger charge is -2.22. The van der Waals surface area contributed by atoms with Gasteiger partial charge in [-0.05, 0) is 31.2 Å². The highest BCUT2D eigenvalue weighted by molar-refractivity contribution is 5.79. The first-order chi connectivity index (χ1) is 14.1. The average Bonchev–Trinajstić information content (AvgIpc) is 2.75. The Bertz CT molecular complexity index is 997. The molecule has 0 saturated heterocycles. The van der Waals surface area contributed by atoms with Crippen molar-refractivity contribution in [3.05, 3.63) is 65.0 Å². The van der Waals surface area contributed by atoms with Gasteiger partial charge >= 0.3 is 5.69 Å². The Morgan fingerprint density at radius 2 is 1.86 bits per heavy atom. The van der Waals surface area contributed by atoms with E-state index >= 15 is 0 Å². The zero-order valence-corrected chi connectivity index (χ0v) is 16.3. The fourth-order valence-corrected chi connectivity index (χ4v) is 2.93. The van der Waals surface area contributed by atoms with E-state index in [2.05, 4.69) is 15.3 Å². The van der Waals surface area contributed by atoms with Gasteiger partial charge < -0.3 is 19.7 Å². The molecular weight excluding hydrogens is 374 g/mol. The van der Waals surface area contributed by atoms with Crippen molar-refractivity contribution in [2.75, 3.05) is 31.0 Å². The SMILES string of the molecule is CCN(c1ccccc1)c1ncnc(Nc2cc(OC)ccc2OC)c1[N+](=O)[O-]. The summed E-state index contributed by atoms with van der Waals surface area (Å²) in [5.41, 5.74) is 1.05. The third-order valence-corrected chi connectivity index (χ3v) is 4.29. The molecule has 9 heteroatoms. The standard InChI is InChI=1S/C20H21N5O4/c1-4-24(14-8-6-5-7-9-14)20-18(25(26)27)19(21-13-22-20)23-16-12-15(28-2)10-11-17(16)29-3/h5-13H,4H2,1-3H3,(H,21,22,23). The summed E-state index contributed by atoms with van der Waals surface area (Å²) in [4.78, 5) is 21.5. The first-order valence-electron chi connectivity index (χ1n) is 8.90. The van der Waals surface area contributed by atoms with Gasteiger partial charge in [-0.15, -0.1) is 0 Å². The molecule has 1 N–H and O–H groups in total. The molecule has 9 nitrogen and oxygen atoms in total. The smallest absolute Gasteiger partial charge is 0.354 e. The molecule has 1 heterocycles. The molecule has 0 amide bonds. The fourth-order valence-electron chi connectivity index (χ4n) is 2.93. The molecule has 0 radical (unpaired) electrons. The van der Waals surface area contributed by atoms with Gasteiger partial charge in [0.25, 0.3) is 0 Å². The lowest BCUT2D eigenvalue weighted by Crippen LogP contribution is -2.19. The molecule has 29 heavy (non-hydrogen) atoms. The second-order valence-electron chi connectivity index (χ2n) is 5.92. The van der Waals surface area contributed by atoms with Crippen LogP contribution in [0.5, 0.6) is 11.5 Å². The van der Waals surface area contributed by atoms with Gasteiger partial charge in [-0.1, -0.05) is 18.2 Å². The molecule has 0 bridgehead atoms. The quantitative estimate of drug-likeness (QED) is 0.445. The highest BCUT2D eigenvalue weighted by Crippen LogP contribution is 2.39. The topological polar surface area (TPSA) is 103 Å². The van der Waals surface area contributed by atoms with E-state index in [1.165, 1.54) is 20.5 Å². The van der Waals surface area contributed by atoms with Crippen LogP contribution in [0.3, 0.4) is 0 Å². The van der Waals surface area contributed by atoms with Crippen LogP contribution in [0.25, 0.3) is 0 Å². The molecular formula is C20H21N5O4. The molecule has 2 aromatic carbocycles. The Balaban J connectivity index is 2.10. The maximum atomic E-state index is 12.0. The van der Waals surface area contributed by atoms with Crippen molar-refractivity contribution in [2.24, 2.45) is 0 Å². The largest absolute Gasteiger partial charge is 0.497 e. The summed E-state index contributed by atoms with van der Waals surface area (Å²) in [5, 5.41) is 15.0. The number of aromatic nitrogens is 2. The van der Waals surface area contributed by atoms with E-state index in [1.807, 2.05) is 37.3 Å². The van der Waals surface area contributed by atoms with E-state index in [9.17, 15) is 10.1 Å². The average molecular weight is 395 g/mol. The van der Waals surface area contributed by atoms with Gasteiger partial charge in [-0.3, -0.25) is 10.1 Å². The van der Waals surface area contributed by atoms with E-state index in [0.717, 1.165) is 5.69 Å². The first-order valence-corrected chi connectivity index (χ1v) is 8.90. The van der Waals surface area contributed by atoms with Crippen molar-refractivity contribution < 1.29 is 14.4 Å². The zero-order valence-electron chi connectivity index (χ0n) is 16.3. The van der Waals surface area contributed by atoms with Crippen molar-refractivity contribution >= 4 is 28.7 Å². The Morgan fingerprint density at radius 1 is 1.10 bits per heavy atom. The monoisotopic (exact) mass is 395 g/mol. The Kier molecular flexibility index (Phi) is 6.08. The Labute approximate surface area is 168 Å². The van der Waals surface area contributed by atoms with Crippen LogP contribution in [-0.4, -0.2) is 35.7 Å². The summed E-state index contributed by atoms with van der Waals surface area (Å²) in [6.45, 7) is 2.39. The van der Waals surface area contributed by atoms with Gasteiger partial charge in [-0.25, -0.2) is 9.97 Å². The highest BCUT2D eigenvalue weighted by Gasteiger charge is 2.28. The van der Waals surface area contributed by atoms with Crippen LogP contribution < -0.4 is 19.7 Å². The third-order valence-electron chi connectivity index (χ3n) is 4.29. The minimum atomic E-state index is -0.490. The maximum absolute atomic E-state index is 12.0. The summed E-state index contributed by atoms with van der Waals surface area (Å²) in [6.07, 6.45) is 1.29. The predicted molar refractivity (Wildman–Crippen MR) is 111 cm³/mol. The normalized spacial score (nSPS) is 10.3. The van der Waals surface area contributed by atoms with Crippen molar-refractivity contribution in [3.63, 3.8) is 0 Å². The summed E-state index contributed by atoms with van der Waals surface area (Å²) in [6, 6.07) is 14.5. The van der Waals surface area contributed by atoms with E-state index in [1.54, 1.807) is 23.1 Å². The number of anilines is 4. The number of nitro groups is 1. The van der Waals surface area contributed by atoms with Gasteiger partial charge in [0.15, 0.2) is 0 Å². The molecule has 0 fully saturated rings. The summed E-state index contributed by atoms with van der Waals surface area (Å²) in [5.74, 6) is 1.32. The van der Waals surface area contributed by atoms with Gasteiger partial charge in [0.05, 0.1) is 24.8 Å². The first kappa shape index (κ1) is 19.9. The molecule has 0 spiro atoms. The molecule has 0 atom stereocenters. The number of ether oxygens (including phenoxy) is 2. The second kappa shape index (κ2) is 8.87. The highest BCUT2D eigenvalue weighted by atomic mass is 16.6. The van der Waals surface area contributed by atoms with Crippen LogP contribution in [0.2, 0.25) is 0 Å². The molecule has 0 saturated carbocycles. The summed E-state index contributed by atoms with van der Waals surface area (Å²) >= 11 is 0. The summed E-state index contributed by atoms with van der Waals surface area (Å²) < 4.78 is 10.6. The lowest BCUT2D eigenvalue weighted by molar-refractivity contribution is -0.383. The van der Waals surface area contributed by atoms with Crippen LogP contribution in [0, 0.1) is 10.1 Å². The number of hydrogen-bond acceptors (Lipinski definition) is 8. The Morgan fingerprint density at radius 3 is 2.48 bits per heavy atom. The third kappa shape index (κ3) is 4.18. The van der Waals surface area contributed by atoms with E-state index in [-0.39, 0.29) is 17.3 Å². The van der Waals surface area contributed by atoms with Crippen molar-refractivity contribution in [2.45, 2.75) is 6.92 Å². The second-order valence-corrected chi connectivity index (χ2v) is 5.92. The molecule has 150 valence electrons. The van der Waals surface area contributed by atoms with Crippen molar-refractivity contribution in [3.8, 4) is 11.5 Å². The van der Waals surface area contributed by atoms with Gasteiger partial charge in [0, 0.05) is 18.3 Å². The van der Waals surface area contributed by atoms with E-state index < -0.39 is 4.92 Å². The molecule has 0 aliphatic heterocycles. The van der Waals surface area contributed by atoms with E-state index in [0.29, 0.717) is 23.7 Å². The van der Waals surface area contributed by atoms with Gasteiger partial charge in [0.2, 0.25) is 11.6 Å². The van der Waals surface area contributed by atoms with E-state index in [4.69, 9.17) is 9.47 Å². The van der Waals surface area contributed by atoms with Crippen molar-refractivity contribution in [1.29, 1.82) is 0 Å². The zero-order chi connectivity index (χ0) is 20.8.